The van der Waals surface area contributed by atoms with Gasteiger partial charge in [0, 0.05) is 19.4 Å². The van der Waals surface area contributed by atoms with Crippen molar-refractivity contribution in [1.82, 2.24) is 4.90 Å². The Bertz CT molecular complexity index is 738. The number of ether oxygens (including phenoxy) is 1. The number of allylic oxidation sites excluding steroid dienone is 2. The van der Waals surface area contributed by atoms with Crippen molar-refractivity contribution in [3.05, 3.63) is 54.6 Å². The van der Waals surface area contributed by atoms with Crippen molar-refractivity contribution in [1.29, 1.82) is 0 Å². The molecule has 0 aliphatic heterocycles. The third kappa shape index (κ3) is 7.14. The third-order valence-corrected chi connectivity index (χ3v) is 5.47. The van der Waals surface area contributed by atoms with Crippen LogP contribution >= 0.6 is 0 Å². The fourth-order valence-electron chi connectivity index (χ4n) is 3.83. The summed E-state index contributed by atoms with van der Waals surface area (Å²) in [6, 6.07) is 8.51. The van der Waals surface area contributed by atoms with Gasteiger partial charge in [-0.05, 0) is 38.8 Å². The van der Waals surface area contributed by atoms with Crippen LogP contribution in [-0.2, 0) is 4.79 Å². The van der Waals surface area contributed by atoms with Crippen LogP contribution < -0.4 is 4.74 Å². The maximum Gasteiger partial charge on any atom is 0.266 e. The number of aliphatic hydroxyl groups excluding tert-OH is 2. The van der Waals surface area contributed by atoms with Crippen LogP contribution in [-0.4, -0.2) is 58.3 Å². The van der Waals surface area contributed by atoms with E-state index in [0.717, 1.165) is 0 Å². The zero-order chi connectivity index (χ0) is 22.9. The average Bonchev–Trinajstić information content (AvgIpc) is 3.07. The number of benzene rings is 1. The standard InChI is InChI=1S/C24H33F2NO4/c1-3-5-14-24(25,26)20(13-9-10-15-31-19-11-7-6-8-12-19)23(30)27(4-2)21-16-18(28)17-22(21)29/h3,5-9,11-13,18,20-22,28-29H,4,10,14-17H2,1-2H3. The highest BCUT2D eigenvalue weighted by Gasteiger charge is 2.46. The Morgan fingerprint density at radius 3 is 2.55 bits per heavy atom. The summed E-state index contributed by atoms with van der Waals surface area (Å²) >= 11 is 0. The van der Waals surface area contributed by atoms with E-state index in [4.69, 9.17) is 4.74 Å². The molecule has 7 heteroatoms. The van der Waals surface area contributed by atoms with E-state index in [-0.39, 0.29) is 19.4 Å². The molecule has 0 radical (unpaired) electrons. The van der Waals surface area contributed by atoms with Crippen LogP contribution in [0.3, 0.4) is 0 Å². The molecule has 0 aromatic heterocycles. The Labute approximate surface area is 183 Å². The van der Waals surface area contributed by atoms with Crippen molar-refractivity contribution in [3.8, 4) is 5.75 Å². The first-order valence-corrected chi connectivity index (χ1v) is 10.8. The summed E-state index contributed by atoms with van der Waals surface area (Å²) in [4.78, 5) is 14.4. The molecule has 4 atom stereocenters. The molecule has 1 saturated carbocycles. The molecule has 1 amide bonds. The van der Waals surface area contributed by atoms with E-state index in [2.05, 4.69) is 0 Å². The fraction of sp³-hybridized carbons (Fsp3) is 0.542. The lowest BCUT2D eigenvalue weighted by Crippen LogP contribution is -2.50. The summed E-state index contributed by atoms with van der Waals surface area (Å²) in [5.74, 6) is -5.00. The molecule has 0 spiro atoms. The van der Waals surface area contributed by atoms with Gasteiger partial charge in [-0.1, -0.05) is 42.5 Å². The number of aliphatic hydroxyl groups is 2. The highest BCUT2D eigenvalue weighted by molar-refractivity contribution is 5.82. The molecule has 0 bridgehead atoms. The van der Waals surface area contributed by atoms with Gasteiger partial charge in [0.2, 0.25) is 5.91 Å². The molecule has 31 heavy (non-hydrogen) atoms. The maximum atomic E-state index is 15.0. The Morgan fingerprint density at radius 2 is 1.97 bits per heavy atom. The second kappa shape index (κ2) is 12.0. The predicted octanol–water partition coefficient (Wildman–Crippen LogP) is 3.96. The van der Waals surface area contributed by atoms with Crippen molar-refractivity contribution in [3.63, 3.8) is 0 Å². The van der Waals surface area contributed by atoms with Crippen molar-refractivity contribution in [2.24, 2.45) is 5.92 Å². The first-order chi connectivity index (χ1) is 14.8. The largest absolute Gasteiger partial charge is 0.493 e. The Morgan fingerprint density at radius 1 is 1.26 bits per heavy atom. The summed E-state index contributed by atoms with van der Waals surface area (Å²) in [6.07, 6.45) is 4.14. The summed E-state index contributed by atoms with van der Waals surface area (Å²) in [6.45, 7) is 3.81. The lowest BCUT2D eigenvalue weighted by atomic mass is 9.94. The molecule has 1 aromatic rings. The van der Waals surface area contributed by atoms with Gasteiger partial charge >= 0.3 is 0 Å². The second-order valence-corrected chi connectivity index (χ2v) is 7.77. The lowest BCUT2D eigenvalue weighted by Gasteiger charge is -2.34. The molecule has 1 aromatic carbocycles. The zero-order valence-corrected chi connectivity index (χ0v) is 18.2. The van der Waals surface area contributed by atoms with Gasteiger partial charge in [0.25, 0.3) is 5.92 Å². The van der Waals surface area contributed by atoms with E-state index in [1.165, 1.54) is 23.1 Å². The van der Waals surface area contributed by atoms with Gasteiger partial charge in [-0.25, -0.2) is 8.78 Å². The minimum absolute atomic E-state index is 0.140. The van der Waals surface area contributed by atoms with Crippen molar-refractivity contribution >= 4 is 5.91 Å². The number of hydrogen-bond acceptors (Lipinski definition) is 4. The maximum absolute atomic E-state index is 15.0. The molecular weight excluding hydrogens is 404 g/mol. The lowest BCUT2D eigenvalue weighted by molar-refractivity contribution is -0.149. The van der Waals surface area contributed by atoms with Gasteiger partial charge in [-0.3, -0.25) is 4.79 Å². The van der Waals surface area contributed by atoms with E-state index in [1.54, 1.807) is 19.9 Å². The van der Waals surface area contributed by atoms with E-state index < -0.39 is 42.4 Å². The number of rotatable bonds is 11. The molecule has 5 nitrogen and oxygen atoms in total. The Hall–Kier alpha value is -2.25. The highest BCUT2D eigenvalue weighted by Crippen LogP contribution is 2.34. The molecule has 0 saturated heterocycles. The van der Waals surface area contributed by atoms with Crippen LogP contribution in [0.25, 0.3) is 0 Å². The van der Waals surface area contributed by atoms with Gasteiger partial charge < -0.3 is 19.8 Å². The second-order valence-electron chi connectivity index (χ2n) is 7.77. The molecule has 172 valence electrons. The van der Waals surface area contributed by atoms with E-state index in [9.17, 15) is 23.8 Å². The first kappa shape index (κ1) is 25.0. The van der Waals surface area contributed by atoms with Crippen molar-refractivity contribution in [2.45, 2.75) is 63.7 Å². The molecule has 0 heterocycles. The van der Waals surface area contributed by atoms with Crippen molar-refractivity contribution in [2.75, 3.05) is 13.2 Å². The Balaban J connectivity index is 2.12. The molecule has 1 fully saturated rings. The van der Waals surface area contributed by atoms with Gasteiger partial charge in [-0.15, -0.1) is 0 Å². The monoisotopic (exact) mass is 437 g/mol. The van der Waals surface area contributed by atoms with Crippen LogP contribution in [0, 0.1) is 5.92 Å². The Kier molecular flexibility index (Phi) is 9.65. The summed E-state index contributed by atoms with van der Waals surface area (Å²) in [7, 11) is 0. The molecule has 1 aliphatic carbocycles. The third-order valence-electron chi connectivity index (χ3n) is 5.47. The van der Waals surface area contributed by atoms with Gasteiger partial charge in [0.1, 0.15) is 11.7 Å². The molecule has 2 N–H and O–H groups in total. The number of likely N-dealkylation sites (N-methyl/N-ethyl adjacent to an activating group) is 1. The number of hydrogen-bond donors (Lipinski definition) is 2. The summed E-state index contributed by atoms with van der Waals surface area (Å²) in [5, 5.41) is 20.0. The minimum atomic E-state index is -3.28. The highest BCUT2D eigenvalue weighted by atomic mass is 19.3. The number of halogens is 2. The van der Waals surface area contributed by atoms with Gasteiger partial charge in [0.05, 0.1) is 24.9 Å². The minimum Gasteiger partial charge on any atom is -0.493 e. The van der Waals surface area contributed by atoms with Crippen LogP contribution in [0.4, 0.5) is 8.78 Å². The smallest absolute Gasteiger partial charge is 0.266 e. The van der Waals surface area contributed by atoms with Crippen LogP contribution in [0.1, 0.15) is 39.5 Å². The summed E-state index contributed by atoms with van der Waals surface area (Å²) in [5.41, 5.74) is 0. The molecule has 4 unspecified atom stereocenters. The van der Waals surface area contributed by atoms with Crippen LogP contribution in [0.5, 0.6) is 5.75 Å². The zero-order valence-electron chi connectivity index (χ0n) is 18.2. The molecule has 2 rings (SSSR count). The summed E-state index contributed by atoms with van der Waals surface area (Å²) < 4.78 is 35.5. The SMILES string of the molecule is CC=CCC(F)(F)C(C=CCCOc1ccccc1)C(=O)N(CC)C1CC(O)CC1O. The quantitative estimate of drug-likeness (QED) is 0.406. The van der Waals surface area contributed by atoms with E-state index in [1.807, 2.05) is 30.3 Å². The number of amides is 1. The normalized spacial score (nSPS) is 22.8. The first-order valence-electron chi connectivity index (χ1n) is 10.8. The number of nitrogens with zero attached hydrogens (tertiary/aromatic N) is 1. The molecule has 1 aliphatic rings. The number of carbonyl (C=O) groups excluding carboxylic acids is 1. The fourth-order valence-corrected chi connectivity index (χ4v) is 3.83. The van der Waals surface area contributed by atoms with E-state index >= 15 is 0 Å². The van der Waals surface area contributed by atoms with Gasteiger partial charge in [-0.2, -0.15) is 0 Å². The van der Waals surface area contributed by atoms with Crippen LogP contribution in [0.2, 0.25) is 0 Å². The number of carbonyl (C=O) groups is 1. The van der Waals surface area contributed by atoms with E-state index in [0.29, 0.717) is 18.8 Å². The van der Waals surface area contributed by atoms with Crippen molar-refractivity contribution < 1.29 is 28.5 Å². The predicted molar refractivity (Wildman–Crippen MR) is 116 cm³/mol. The van der Waals surface area contributed by atoms with Gasteiger partial charge in [0.15, 0.2) is 0 Å². The number of alkyl halides is 2. The van der Waals surface area contributed by atoms with Crippen LogP contribution in [0.15, 0.2) is 54.6 Å². The number of para-hydroxylation sites is 1. The average molecular weight is 438 g/mol. The molecular formula is C24H33F2NO4. The topological polar surface area (TPSA) is 70.0 Å².